The first-order valence-corrected chi connectivity index (χ1v) is 6.58. The highest BCUT2D eigenvalue weighted by molar-refractivity contribution is 5.89. The van der Waals surface area contributed by atoms with Crippen LogP contribution in [0.1, 0.15) is 32.1 Å². The van der Waals surface area contributed by atoms with Crippen molar-refractivity contribution in [3.8, 4) is 0 Å². The maximum atomic E-state index is 13.2. The maximum Gasteiger partial charge on any atom is 0.319 e. The molecule has 2 amide bonds. The third-order valence-electron chi connectivity index (χ3n) is 3.34. The third kappa shape index (κ3) is 3.66. The first-order valence-electron chi connectivity index (χ1n) is 6.58. The third-order valence-corrected chi connectivity index (χ3v) is 3.34. The Morgan fingerprint density at radius 3 is 2.65 bits per heavy atom. The van der Waals surface area contributed by atoms with Gasteiger partial charge >= 0.3 is 11.7 Å². The van der Waals surface area contributed by atoms with Crippen molar-refractivity contribution in [1.82, 2.24) is 5.32 Å². The number of halogens is 1. The number of nitrogens with one attached hydrogen (secondary N) is 2. The molecule has 0 radical (unpaired) electrons. The van der Waals surface area contributed by atoms with Gasteiger partial charge in [-0.2, -0.15) is 4.39 Å². The van der Waals surface area contributed by atoms with E-state index >= 15 is 0 Å². The molecule has 1 aromatic rings. The lowest BCUT2D eigenvalue weighted by Crippen LogP contribution is -2.39. The number of anilines is 1. The van der Waals surface area contributed by atoms with Crippen LogP contribution in [0.3, 0.4) is 0 Å². The van der Waals surface area contributed by atoms with E-state index in [9.17, 15) is 19.3 Å². The fourth-order valence-corrected chi connectivity index (χ4v) is 2.33. The minimum absolute atomic E-state index is 0.138. The molecule has 0 aliphatic heterocycles. The molecule has 108 valence electrons. The Morgan fingerprint density at radius 2 is 2.00 bits per heavy atom. The van der Waals surface area contributed by atoms with Gasteiger partial charge in [-0.25, -0.2) is 4.79 Å². The number of hydrogen-bond acceptors (Lipinski definition) is 3. The zero-order chi connectivity index (χ0) is 14.5. The Bertz CT molecular complexity index is 516. The molecule has 0 bridgehead atoms. The molecule has 1 aromatic carbocycles. The monoisotopic (exact) mass is 281 g/mol. The summed E-state index contributed by atoms with van der Waals surface area (Å²) in [6, 6.07) is 2.99. The van der Waals surface area contributed by atoms with Crippen LogP contribution in [0.15, 0.2) is 18.2 Å². The summed E-state index contributed by atoms with van der Waals surface area (Å²) in [5.74, 6) is -0.923. The van der Waals surface area contributed by atoms with E-state index in [1.807, 2.05) is 0 Å². The van der Waals surface area contributed by atoms with Crippen LogP contribution in [-0.4, -0.2) is 17.0 Å². The standard InChI is InChI=1S/C13H16FN3O3/c14-11-7-6-10(8-12(11)17(19)20)16-13(18)15-9-4-2-1-3-5-9/h6-9H,1-5H2,(H2,15,16,18). The molecule has 0 aromatic heterocycles. The number of hydrogen-bond donors (Lipinski definition) is 2. The summed E-state index contributed by atoms with van der Waals surface area (Å²) in [4.78, 5) is 21.6. The largest absolute Gasteiger partial charge is 0.335 e. The number of nitrogens with zero attached hydrogens (tertiary/aromatic N) is 1. The Kier molecular flexibility index (Phi) is 4.49. The maximum absolute atomic E-state index is 13.2. The molecule has 2 rings (SSSR count). The van der Waals surface area contributed by atoms with Gasteiger partial charge in [-0.3, -0.25) is 10.1 Å². The zero-order valence-electron chi connectivity index (χ0n) is 10.9. The van der Waals surface area contributed by atoms with E-state index in [0.717, 1.165) is 37.8 Å². The van der Waals surface area contributed by atoms with E-state index in [2.05, 4.69) is 10.6 Å². The second-order valence-electron chi connectivity index (χ2n) is 4.86. The lowest BCUT2D eigenvalue weighted by Gasteiger charge is -2.22. The van der Waals surface area contributed by atoms with E-state index in [-0.39, 0.29) is 11.7 Å². The van der Waals surface area contributed by atoms with Crippen molar-refractivity contribution < 1.29 is 14.1 Å². The van der Waals surface area contributed by atoms with Crippen molar-refractivity contribution in [3.63, 3.8) is 0 Å². The van der Waals surface area contributed by atoms with E-state index in [1.54, 1.807) is 0 Å². The van der Waals surface area contributed by atoms with E-state index in [0.29, 0.717) is 0 Å². The number of benzene rings is 1. The first-order chi connectivity index (χ1) is 9.56. The molecule has 1 fully saturated rings. The summed E-state index contributed by atoms with van der Waals surface area (Å²) in [7, 11) is 0. The van der Waals surface area contributed by atoms with Crippen LogP contribution in [0.5, 0.6) is 0 Å². The number of carbonyl (C=O) groups is 1. The average molecular weight is 281 g/mol. The van der Waals surface area contributed by atoms with E-state index in [4.69, 9.17) is 0 Å². The van der Waals surface area contributed by atoms with Crippen molar-refractivity contribution in [1.29, 1.82) is 0 Å². The fourth-order valence-electron chi connectivity index (χ4n) is 2.33. The highest BCUT2D eigenvalue weighted by Crippen LogP contribution is 2.22. The minimum atomic E-state index is -0.923. The molecule has 0 heterocycles. The predicted molar refractivity (Wildman–Crippen MR) is 72.1 cm³/mol. The fraction of sp³-hybridized carbons (Fsp3) is 0.462. The Labute approximate surface area is 115 Å². The van der Waals surface area contributed by atoms with Gasteiger partial charge in [0.05, 0.1) is 4.92 Å². The Morgan fingerprint density at radius 1 is 1.30 bits per heavy atom. The Balaban J connectivity index is 1.96. The van der Waals surface area contributed by atoms with E-state index < -0.39 is 22.5 Å². The van der Waals surface area contributed by atoms with Crippen molar-refractivity contribution >= 4 is 17.4 Å². The van der Waals surface area contributed by atoms with Gasteiger partial charge in [0.25, 0.3) is 0 Å². The van der Waals surface area contributed by atoms with Crippen LogP contribution in [0.25, 0.3) is 0 Å². The molecule has 0 unspecified atom stereocenters. The van der Waals surface area contributed by atoms with Gasteiger partial charge in [0.15, 0.2) is 0 Å². The molecule has 1 aliphatic rings. The van der Waals surface area contributed by atoms with Crippen molar-refractivity contribution in [3.05, 3.63) is 34.1 Å². The second kappa shape index (κ2) is 6.31. The number of urea groups is 1. The highest BCUT2D eigenvalue weighted by atomic mass is 19.1. The van der Waals surface area contributed by atoms with Crippen molar-refractivity contribution in [2.45, 2.75) is 38.1 Å². The predicted octanol–water partition coefficient (Wildman–Crippen LogP) is 3.19. The lowest BCUT2D eigenvalue weighted by molar-refractivity contribution is -0.387. The second-order valence-corrected chi connectivity index (χ2v) is 4.86. The van der Waals surface area contributed by atoms with E-state index in [1.165, 1.54) is 12.5 Å². The molecule has 2 N–H and O–H groups in total. The van der Waals surface area contributed by atoms with Crippen LogP contribution in [0.4, 0.5) is 20.6 Å². The summed E-state index contributed by atoms with van der Waals surface area (Å²) < 4.78 is 13.2. The number of rotatable bonds is 3. The minimum Gasteiger partial charge on any atom is -0.335 e. The van der Waals surface area contributed by atoms with Gasteiger partial charge in [0.1, 0.15) is 0 Å². The van der Waals surface area contributed by atoms with Crippen molar-refractivity contribution in [2.75, 3.05) is 5.32 Å². The first kappa shape index (κ1) is 14.2. The molecule has 20 heavy (non-hydrogen) atoms. The van der Waals surface area contributed by atoms with Crippen LogP contribution < -0.4 is 10.6 Å². The Hall–Kier alpha value is -2.18. The topological polar surface area (TPSA) is 84.3 Å². The number of nitro benzene ring substituents is 1. The molecular weight excluding hydrogens is 265 g/mol. The average Bonchev–Trinajstić information content (AvgIpc) is 2.41. The van der Waals surface area contributed by atoms with Gasteiger partial charge in [0.2, 0.25) is 5.82 Å². The highest BCUT2D eigenvalue weighted by Gasteiger charge is 2.18. The molecule has 7 heteroatoms. The number of nitro groups is 1. The molecule has 1 aliphatic carbocycles. The summed E-state index contributed by atoms with van der Waals surface area (Å²) in [5.41, 5.74) is -0.452. The molecule has 0 saturated heterocycles. The molecule has 0 atom stereocenters. The molecule has 0 spiro atoms. The smallest absolute Gasteiger partial charge is 0.319 e. The van der Waals surface area contributed by atoms with Crippen LogP contribution in [0, 0.1) is 15.9 Å². The van der Waals surface area contributed by atoms with Gasteiger partial charge in [-0.15, -0.1) is 0 Å². The van der Waals surface area contributed by atoms with Gasteiger partial charge < -0.3 is 10.6 Å². The van der Waals surface area contributed by atoms with Crippen LogP contribution in [-0.2, 0) is 0 Å². The summed E-state index contributed by atoms with van der Waals surface area (Å²) in [5, 5.41) is 15.9. The molecule has 1 saturated carbocycles. The SMILES string of the molecule is O=C(Nc1ccc(F)c([N+](=O)[O-])c1)NC1CCCCC1. The zero-order valence-corrected chi connectivity index (χ0v) is 10.9. The molecular formula is C13H16FN3O3. The number of carbonyl (C=O) groups excluding carboxylic acids is 1. The van der Waals surface area contributed by atoms with Crippen LogP contribution in [0.2, 0.25) is 0 Å². The quantitative estimate of drug-likeness (QED) is 0.659. The lowest BCUT2D eigenvalue weighted by atomic mass is 9.96. The molecule has 6 nitrogen and oxygen atoms in total. The normalized spacial score (nSPS) is 15.7. The number of amides is 2. The van der Waals surface area contributed by atoms with Gasteiger partial charge in [0, 0.05) is 17.8 Å². The summed E-state index contributed by atoms with van der Waals surface area (Å²) >= 11 is 0. The van der Waals surface area contributed by atoms with Crippen molar-refractivity contribution in [2.24, 2.45) is 0 Å². The van der Waals surface area contributed by atoms with Gasteiger partial charge in [-0.05, 0) is 25.0 Å². The van der Waals surface area contributed by atoms with Gasteiger partial charge in [-0.1, -0.05) is 19.3 Å². The van der Waals surface area contributed by atoms with Crippen LogP contribution >= 0.6 is 0 Å². The summed E-state index contributed by atoms with van der Waals surface area (Å²) in [6.45, 7) is 0. The summed E-state index contributed by atoms with van der Waals surface area (Å²) in [6.07, 6.45) is 5.25.